The minimum Gasteiger partial charge on any atom is -0.480 e. The maximum absolute atomic E-state index is 11.6. The standard InChI is InChI=1S/C13H20N4O4/c1-2-3-5-21-6-4-15-13(20)17-11(12(18)19)7-10-8-14-9-16-10/h2,8-9,11H,1,3-7H2,(H,14,16)(H,18,19)(H2,15,17,20)/t11-/m0/s1. The molecule has 8 nitrogen and oxygen atoms in total. The molecule has 8 heteroatoms. The Labute approximate surface area is 122 Å². The van der Waals surface area contributed by atoms with Gasteiger partial charge in [0.2, 0.25) is 0 Å². The molecule has 0 aliphatic rings. The molecule has 0 saturated heterocycles. The number of urea groups is 1. The maximum Gasteiger partial charge on any atom is 0.326 e. The van der Waals surface area contributed by atoms with Gasteiger partial charge in [-0.3, -0.25) is 0 Å². The predicted octanol–water partition coefficient (Wildman–Crippen LogP) is 0.297. The fraction of sp³-hybridized carbons (Fsp3) is 0.462. The van der Waals surface area contributed by atoms with Gasteiger partial charge in [-0.05, 0) is 6.42 Å². The van der Waals surface area contributed by atoms with Gasteiger partial charge in [-0.1, -0.05) is 6.08 Å². The third-order valence-corrected chi connectivity index (χ3v) is 2.58. The smallest absolute Gasteiger partial charge is 0.326 e. The number of carbonyl (C=O) groups excluding carboxylic acids is 1. The van der Waals surface area contributed by atoms with Crippen molar-refractivity contribution in [3.8, 4) is 0 Å². The first kappa shape index (κ1) is 16.7. The van der Waals surface area contributed by atoms with Crippen LogP contribution in [-0.2, 0) is 16.0 Å². The summed E-state index contributed by atoms with van der Waals surface area (Å²) in [5, 5.41) is 14.0. The fourth-order valence-corrected chi connectivity index (χ4v) is 1.53. The summed E-state index contributed by atoms with van der Waals surface area (Å²) in [5.41, 5.74) is 0.635. The number of nitrogens with zero attached hydrogens (tertiary/aromatic N) is 1. The van der Waals surface area contributed by atoms with E-state index in [9.17, 15) is 9.59 Å². The number of carboxylic acids is 1. The molecule has 0 aliphatic heterocycles. The molecular formula is C13H20N4O4. The minimum atomic E-state index is -1.11. The molecule has 1 rings (SSSR count). The SMILES string of the molecule is C=CCCOCCNC(=O)N[C@@H](Cc1cnc[nH]1)C(=O)O. The van der Waals surface area contributed by atoms with E-state index >= 15 is 0 Å². The van der Waals surface area contributed by atoms with E-state index in [2.05, 4.69) is 27.2 Å². The fourth-order valence-electron chi connectivity index (χ4n) is 1.53. The third-order valence-electron chi connectivity index (χ3n) is 2.58. The van der Waals surface area contributed by atoms with Crippen LogP contribution in [0.2, 0.25) is 0 Å². The van der Waals surface area contributed by atoms with Gasteiger partial charge in [-0.15, -0.1) is 6.58 Å². The molecule has 0 radical (unpaired) electrons. The molecular weight excluding hydrogens is 276 g/mol. The Balaban J connectivity index is 2.26. The monoisotopic (exact) mass is 296 g/mol. The molecule has 1 aromatic heterocycles. The lowest BCUT2D eigenvalue weighted by Gasteiger charge is -2.14. The van der Waals surface area contributed by atoms with Gasteiger partial charge < -0.3 is 25.5 Å². The number of carbonyl (C=O) groups is 2. The summed E-state index contributed by atoms with van der Waals surface area (Å²) in [6.07, 6.45) is 5.60. The van der Waals surface area contributed by atoms with E-state index in [1.165, 1.54) is 12.5 Å². The molecule has 0 spiro atoms. The Hall–Kier alpha value is -2.35. The molecule has 4 N–H and O–H groups in total. The number of hydrogen-bond donors (Lipinski definition) is 4. The van der Waals surface area contributed by atoms with Gasteiger partial charge in [-0.2, -0.15) is 0 Å². The molecule has 1 atom stereocenters. The number of carboxylic acid groups (broad SMARTS) is 1. The van der Waals surface area contributed by atoms with Crippen LogP contribution in [0.5, 0.6) is 0 Å². The van der Waals surface area contributed by atoms with Crippen molar-refractivity contribution >= 4 is 12.0 Å². The molecule has 116 valence electrons. The van der Waals surface area contributed by atoms with Crippen LogP contribution in [0.15, 0.2) is 25.2 Å². The van der Waals surface area contributed by atoms with Crippen LogP contribution < -0.4 is 10.6 Å². The first-order valence-corrected chi connectivity index (χ1v) is 6.56. The summed E-state index contributed by atoms with van der Waals surface area (Å²) < 4.78 is 5.22. The summed E-state index contributed by atoms with van der Waals surface area (Å²) in [7, 11) is 0. The zero-order valence-corrected chi connectivity index (χ0v) is 11.7. The summed E-state index contributed by atoms with van der Waals surface area (Å²) in [4.78, 5) is 29.3. The number of ether oxygens (including phenoxy) is 1. The molecule has 2 amide bonds. The second-order valence-electron chi connectivity index (χ2n) is 4.26. The van der Waals surface area contributed by atoms with E-state index in [0.717, 1.165) is 6.42 Å². The maximum atomic E-state index is 11.6. The van der Waals surface area contributed by atoms with Crippen molar-refractivity contribution < 1.29 is 19.4 Å². The quantitative estimate of drug-likeness (QED) is 0.366. The molecule has 21 heavy (non-hydrogen) atoms. The van der Waals surface area contributed by atoms with Crippen molar-refractivity contribution in [1.82, 2.24) is 20.6 Å². The number of aromatic amines is 1. The van der Waals surface area contributed by atoms with Crippen molar-refractivity contribution in [3.63, 3.8) is 0 Å². The molecule has 0 unspecified atom stereocenters. The number of amides is 2. The van der Waals surface area contributed by atoms with Crippen LogP contribution in [0.3, 0.4) is 0 Å². The van der Waals surface area contributed by atoms with Gasteiger partial charge in [0.15, 0.2) is 0 Å². The van der Waals surface area contributed by atoms with Crippen LogP contribution in [0, 0.1) is 0 Å². The zero-order valence-electron chi connectivity index (χ0n) is 11.7. The summed E-state index contributed by atoms with van der Waals surface area (Å²) in [6.45, 7) is 4.78. The van der Waals surface area contributed by atoms with Crippen molar-refractivity contribution in [2.24, 2.45) is 0 Å². The predicted molar refractivity (Wildman–Crippen MR) is 75.9 cm³/mol. The van der Waals surface area contributed by atoms with Gasteiger partial charge in [-0.25, -0.2) is 14.6 Å². The Morgan fingerprint density at radius 1 is 1.52 bits per heavy atom. The zero-order chi connectivity index (χ0) is 15.5. The van der Waals surface area contributed by atoms with E-state index in [4.69, 9.17) is 9.84 Å². The third kappa shape index (κ3) is 7.11. The Morgan fingerprint density at radius 3 is 2.95 bits per heavy atom. The van der Waals surface area contributed by atoms with E-state index in [1.54, 1.807) is 6.08 Å². The summed E-state index contributed by atoms with van der Waals surface area (Å²) in [5.74, 6) is -1.11. The number of hydrogen-bond acceptors (Lipinski definition) is 4. The number of nitrogens with one attached hydrogen (secondary N) is 3. The normalized spacial score (nSPS) is 11.6. The van der Waals surface area contributed by atoms with Crippen LogP contribution in [0.25, 0.3) is 0 Å². The molecule has 0 aliphatic carbocycles. The molecule has 0 aromatic carbocycles. The average Bonchev–Trinajstić information content (AvgIpc) is 2.95. The highest BCUT2D eigenvalue weighted by atomic mass is 16.5. The van der Waals surface area contributed by atoms with E-state index < -0.39 is 18.0 Å². The molecule has 0 bridgehead atoms. The Morgan fingerprint density at radius 2 is 2.33 bits per heavy atom. The molecule has 0 fully saturated rings. The number of aliphatic carboxylic acids is 1. The first-order valence-electron chi connectivity index (χ1n) is 6.56. The van der Waals surface area contributed by atoms with Crippen molar-refractivity contribution in [2.75, 3.05) is 19.8 Å². The second-order valence-corrected chi connectivity index (χ2v) is 4.26. The number of rotatable bonds is 10. The highest BCUT2D eigenvalue weighted by Crippen LogP contribution is 1.98. The van der Waals surface area contributed by atoms with E-state index in [1.807, 2.05) is 0 Å². The van der Waals surface area contributed by atoms with Crippen molar-refractivity contribution in [1.29, 1.82) is 0 Å². The van der Waals surface area contributed by atoms with Crippen molar-refractivity contribution in [2.45, 2.75) is 18.9 Å². The number of imidazole rings is 1. The lowest BCUT2D eigenvalue weighted by Crippen LogP contribution is -2.47. The largest absolute Gasteiger partial charge is 0.480 e. The van der Waals surface area contributed by atoms with Crippen LogP contribution in [-0.4, -0.2) is 52.9 Å². The highest BCUT2D eigenvalue weighted by Gasteiger charge is 2.20. The van der Waals surface area contributed by atoms with Gasteiger partial charge in [0, 0.05) is 24.9 Å². The molecule has 1 aromatic rings. The van der Waals surface area contributed by atoms with Crippen molar-refractivity contribution in [3.05, 3.63) is 30.9 Å². The summed E-state index contributed by atoms with van der Waals surface area (Å²) in [6, 6.07) is -1.57. The van der Waals surface area contributed by atoms with Gasteiger partial charge in [0.05, 0.1) is 19.5 Å². The van der Waals surface area contributed by atoms with Gasteiger partial charge in [0.1, 0.15) is 6.04 Å². The van der Waals surface area contributed by atoms with Crippen LogP contribution >= 0.6 is 0 Å². The second kappa shape index (κ2) is 9.54. The van der Waals surface area contributed by atoms with Crippen LogP contribution in [0.4, 0.5) is 4.79 Å². The first-order chi connectivity index (χ1) is 10.1. The lowest BCUT2D eigenvalue weighted by molar-refractivity contribution is -0.139. The number of H-pyrrole nitrogens is 1. The number of aromatic nitrogens is 2. The van der Waals surface area contributed by atoms with E-state index in [-0.39, 0.29) is 6.42 Å². The Kier molecular flexibility index (Phi) is 7.59. The van der Waals surface area contributed by atoms with Gasteiger partial charge in [0.25, 0.3) is 0 Å². The lowest BCUT2D eigenvalue weighted by atomic mass is 10.2. The molecule has 0 saturated carbocycles. The Bertz CT molecular complexity index is 447. The highest BCUT2D eigenvalue weighted by molar-refractivity contribution is 5.82. The average molecular weight is 296 g/mol. The van der Waals surface area contributed by atoms with Crippen LogP contribution in [0.1, 0.15) is 12.1 Å². The van der Waals surface area contributed by atoms with Gasteiger partial charge >= 0.3 is 12.0 Å². The summed E-state index contributed by atoms with van der Waals surface area (Å²) >= 11 is 0. The topological polar surface area (TPSA) is 116 Å². The van der Waals surface area contributed by atoms with E-state index in [0.29, 0.717) is 25.5 Å². The molecule has 1 heterocycles. The minimum absolute atomic E-state index is 0.137.